The van der Waals surface area contributed by atoms with Crippen LogP contribution in [0, 0.1) is 9.39 Å². The van der Waals surface area contributed by atoms with Crippen molar-refractivity contribution < 1.29 is 33.0 Å². The Morgan fingerprint density at radius 1 is 1.23 bits per heavy atom. The molecule has 0 aliphatic carbocycles. The van der Waals surface area contributed by atoms with E-state index in [1.807, 2.05) is 22.6 Å². The molecule has 162 valence electrons. The fourth-order valence-electron chi connectivity index (χ4n) is 2.83. The van der Waals surface area contributed by atoms with Crippen LogP contribution in [0.1, 0.15) is 11.1 Å². The number of halogens is 2. The number of carbonyl (C=O) groups excluding carboxylic acids is 3. The van der Waals surface area contributed by atoms with Crippen LogP contribution in [0.3, 0.4) is 0 Å². The van der Waals surface area contributed by atoms with Crippen molar-refractivity contribution in [1.29, 1.82) is 0 Å². The van der Waals surface area contributed by atoms with E-state index in [1.54, 1.807) is 18.2 Å². The molecule has 0 radical (unpaired) electrons. The molecule has 1 aliphatic heterocycles. The number of nitrogens with one attached hydrogen (secondary N) is 1. The van der Waals surface area contributed by atoms with E-state index < -0.39 is 23.7 Å². The molecule has 0 unspecified atom stereocenters. The first-order valence-corrected chi connectivity index (χ1v) is 10.1. The van der Waals surface area contributed by atoms with Gasteiger partial charge in [-0.2, -0.15) is 0 Å². The van der Waals surface area contributed by atoms with Crippen molar-refractivity contribution in [3.05, 3.63) is 62.6 Å². The smallest absolute Gasteiger partial charge is 0.343 e. The van der Waals surface area contributed by atoms with Crippen molar-refractivity contribution in [3.63, 3.8) is 0 Å². The molecule has 1 fully saturated rings. The van der Waals surface area contributed by atoms with Gasteiger partial charge in [-0.15, -0.1) is 0 Å². The predicted molar refractivity (Wildman–Crippen MR) is 117 cm³/mol. The third-order valence-electron chi connectivity index (χ3n) is 4.37. The monoisotopic (exact) mass is 540 g/mol. The maximum absolute atomic E-state index is 13.9. The number of benzene rings is 2. The molecule has 31 heavy (non-hydrogen) atoms. The molecule has 2 aromatic rings. The largest absolute Gasteiger partial charge is 0.493 e. The van der Waals surface area contributed by atoms with Crippen LogP contribution in [0.15, 0.2) is 42.1 Å². The minimum Gasteiger partial charge on any atom is -0.493 e. The van der Waals surface area contributed by atoms with E-state index in [-0.39, 0.29) is 24.4 Å². The zero-order valence-electron chi connectivity index (χ0n) is 16.6. The SMILES string of the molecule is COC(=O)COc1c(I)cc(/C=C2/NC(=O)N(Cc3ccccc3F)C2=O)cc1OC. The Morgan fingerprint density at radius 3 is 2.65 bits per heavy atom. The summed E-state index contributed by atoms with van der Waals surface area (Å²) in [6.45, 7) is -0.474. The van der Waals surface area contributed by atoms with E-state index >= 15 is 0 Å². The average molecular weight is 540 g/mol. The van der Waals surface area contributed by atoms with Gasteiger partial charge < -0.3 is 19.5 Å². The maximum Gasteiger partial charge on any atom is 0.343 e. The van der Waals surface area contributed by atoms with Gasteiger partial charge in [0, 0.05) is 5.56 Å². The number of urea groups is 1. The number of imide groups is 1. The van der Waals surface area contributed by atoms with Crippen LogP contribution < -0.4 is 14.8 Å². The average Bonchev–Trinajstić information content (AvgIpc) is 3.01. The van der Waals surface area contributed by atoms with Gasteiger partial charge in [0.25, 0.3) is 5.91 Å². The fraction of sp³-hybridized carbons (Fsp3) is 0.190. The van der Waals surface area contributed by atoms with E-state index in [0.29, 0.717) is 20.6 Å². The van der Waals surface area contributed by atoms with Crippen molar-refractivity contribution in [1.82, 2.24) is 10.2 Å². The van der Waals surface area contributed by atoms with Crippen LogP contribution in [-0.4, -0.2) is 43.6 Å². The molecule has 2 aromatic carbocycles. The highest BCUT2D eigenvalue weighted by Gasteiger charge is 2.34. The number of hydrogen-bond donors (Lipinski definition) is 1. The van der Waals surface area contributed by atoms with Crippen molar-refractivity contribution in [2.75, 3.05) is 20.8 Å². The molecule has 0 spiro atoms. The highest BCUT2D eigenvalue weighted by molar-refractivity contribution is 14.1. The summed E-state index contributed by atoms with van der Waals surface area (Å²) in [4.78, 5) is 37.2. The van der Waals surface area contributed by atoms with Gasteiger partial charge in [0.2, 0.25) is 0 Å². The van der Waals surface area contributed by atoms with Gasteiger partial charge in [-0.25, -0.2) is 14.0 Å². The topological polar surface area (TPSA) is 94.2 Å². The van der Waals surface area contributed by atoms with Crippen molar-refractivity contribution in [2.24, 2.45) is 0 Å². The highest BCUT2D eigenvalue weighted by atomic mass is 127. The Kier molecular flexibility index (Phi) is 7.10. The number of hydrogen-bond acceptors (Lipinski definition) is 6. The first-order chi connectivity index (χ1) is 14.8. The van der Waals surface area contributed by atoms with Crippen LogP contribution in [-0.2, 0) is 20.9 Å². The third kappa shape index (κ3) is 5.13. The minimum atomic E-state index is -0.640. The van der Waals surface area contributed by atoms with E-state index in [0.717, 1.165) is 4.90 Å². The van der Waals surface area contributed by atoms with E-state index in [9.17, 15) is 18.8 Å². The maximum atomic E-state index is 13.9. The number of esters is 1. The summed E-state index contributed by atoms with van der Waals surface area (Å²) in [6.07, 6.45) is 1.48. The van der Waals surface area contributed by atoms with Gasteiger partial charge in [0.15, 0.2) is 18.1 Å². The summed E-state index contributed by atoms with van der Waals surface area (Å²) < 4.78 is 29.9. The summed E-state index contributed by atoms with van der Waals surface area (Å²) >= 11 is 2.00. The molecule has 0 bridgehead atoms. The number of methoxy groups -OCH3 is 2. The van der Waals surface area contributed by atoms with Crippen LogP contribution in [0.4, 0.5) is 9.18 Å². The van der Waals surface area contributed by atoms with Crippen molar-refractivity contribution >= 4 is 46.6 Å². The fourth-order valence-corrected chi connectivity index (χ4v) is 3.61. The van der Waals surface area contributed by atoms with Gasteiger partial charge in [-0.3, -0.25) is 9.69 Å². The molecule has 1 N–H and O–H groups in total. The molecule has 3 rings (SSSR count). The lowest BCUT2D eigenvalue weighted by atomic mass is 10.1. The lowest BCUT2D eigenvalue weighted by Gasteiger charge is -2.13. The number of ether oxygens (including phenoxy) is 3. The summed E-state index contributed by atoms with van der Waals surface area (Å²) in [5.74, 6) is -0.935. The first kappa shape index (κ1) is 22.5. The number of amides is 3. The first-order valence-electron chi connectivity index (χ1n) is 8.99. The quantitative estimate of drug-likeness (QED) is 0.251. The third-order valence-corrected chi connectivity index (χ3v) is 5.17. The van der Waals surface area contributed by atoms with Crippen molar-refractivity contribution in [3.8, 4) is 11.5 Å². The summed E-state index contributed by atoms with van der Waals surface area (Å²) in [5.41, 5.74) is 0.834. The molecule has 3 amide bonds. The number of carbonyl (C=O) groups is 3. The second-order valence-corrected chi connectivity index (χ2v) is 7.53. The van der Waals surface area contributed by atoms with Crippen molar-refractivity contribution in [2.45, 2.75) is 6.54 Å². The zero-order chi connectivity index (χ0) is 22.5. The normalized spacial score (nSPS) is 14.6. The van der Waals surface area contributed by atoms with Gasteiger partial charge in [0.1, 0.15) is 11.5 Å². The van der Waals surface area contributed by atoms with Crippen LogP contribution in [0.5, 0.6) is 11.5 Å². The van der Waals surface area contributed by atoms with Gasteiger partial charge in [-0.05, 0) is 52.4 Å². The Labute approximate surface area is 191 Å². The Hall–Kier alpha value is -3.15. The van der Waals surface area contributed by atoms with E-state index in [1.165, 1.54) is 38.5 Å². The van der Waals surface area contributed by atoms with E-state index in [2.05, 4.69) is 10.1 Å². The lowest BCUT2D eigenvalue weighted by molar-refractivity contribution is -0.143. The van der Waals surface area contributed by atoms with Crippen LogP contribution in [0.2, 0.25) is 0 Å². The molecule has 1 aliphatic rings. The molecular formula is C21H18FIN2O6. The molecule has 8 nitrogen and oxygen atoms in total. The second kappa shape index (κ2) is 9.77. The molecule has 10 heteroatoms. The van der Waals surface area contributed by atoms with Gasteiger partial charge in [-0.1, -0.05) is 18.2 Å². The Morgan fingerprint density at radius 2 is 1.97 bits per heavy atom. The Balaban J connectivity index is 1.83. The number of rotatable bonds is 7. The molecule has 1 heterocycles. The minimum absolute atomic E-state index is 0.0439. The molecule has 1 saturated heterocycles. The second-order valence-electron chi connectivity index (χ2n) is 6.37. The highest BCUT2D eigenvalue weighted by Crippen LogP contribution is 2.35. The molecule has 0 atom stereocenters. The standard InChI is InChI=1S/C21H18FIN2O6/c1-29-17-9-12(7-15(23)19(17)31-11-18(26)30-2)8-16-20(27)25(21(28)24-16)10-13-5-3-4-6-14(13)22/h3-9H,10-11H2,1-2H3,(H,24,28)/b16-8+. The lowest BCUT2D eigenvalue weighted by Crippen LogP contribution is -2.30. The molecular weight excluding hydrogens is 522 g/mol. The van der Waals surface area contributed by atoms with Crippen LogP contribution >= 0.6 is 22.6 Å². The summed E-state index contributed by atoms with van der Waals surface area (Å²) in [5, 5.41) is 2.50. The zero-order valence-corrected chi connectivity index (χ0v) is 18.8. The summed E-state index contributed by atoms with van der Waals surface area (Å²) in [7, 11) is 2.69. The molecule has 0 saturated carbocycles. The van der Waals surface area contributed by atoms with E-state index in [4.69, 9.17) is 9.47 Å². The van der Waals surface area contributed by atoms with Crippen LogP contribution in [0.25, 0.3) is 6.08 Å². The van der Waals surface area contributed by atoms with Gasteiger partial charge >= 0.3 is 12.0 Å². The summed E-state index contributed by atoms with van der Waals surface area (Å²) in [6, 6.07) is 8.59. The number of nitrogens with zero attached hydrogens (tertiary/aromatic N) is 1. The Bertz CT molecular complexity index is 1070. The predicted octanol–water partition coefficient (Wildman–Crippen LogP) is 3.08. The molecule has 0 aromatic heterocycles. The van der Waals surface area contributed by atoms with Gasteiger partial charge in [0.05, 0.1) is 24.3 Å².